The SMILES string of the molecule is CCCC1(CC)CN(c2ccc3c(c2)C(=O)N(C2CCC(=O)CCCC2=O)C3)C1. The number of carbonyl (C=O) groups excluding carboxylic acids is 3. The molecular formula is C24H32N2O3. The highest BCUT2D eigenvalue weighted by atomic mass is 16.2. The van der Waals surface area contributed by atoms with Gasteiger partial charge in [0.2, 0.25) is 0 Å². The summed E-state index contributed by atoms with van der Waals surface area (Å²) in [5.74, 6) is 0.260. The standard InChI is InChI=1S/C24H32N2O3/c1-3-12-24(4-2)15-25(16-24)18-9-8-17-14-26(23(29)20(17)13-18)21-11-10-19(27)6-5-7-22(21)28/h8-9,13,21H,3-7,10-12,14-16H2,1-2H3. The van der Waals surface area contributed by atoms with Crippen LogP contribution in [-0.2, 0) is 16.1 Å². The zero-order chi connectivity index (χ0) is 20.6. The molecule has 1 aromatic rings. The van der Waals surface area contributed by atoms with Crippen molar-refractivity contribution in [2.24, 2.45) is 5.41 Å². The lowest BCUT2D eigenvalue weighted by Gasteiger charge is -2.51. The van der Waals surface area contributed by atoms with Crippen LogP contribution in [0.15, 0.2) is 18.2 Å². The molecule has 5 heteroatoms. The van der Waals surface area contributed by atoms with E-state index < -0.39 is 6.04 Å². The molecule has 4 rings (SSSR count). The average Bonchev–Trinajstić information content (AvgIpc) is 2.99. The van der Waals surface area contributed by atoms with Crippen molar-refractivity contribution < 1.29 is 14.4 Å². The predicted molar refractivity (Wildman–Crippen MR) is 113 cm³/mol. The van der Waals surface area contributed by atoms with Gasteiger partial charge in [-0.2, -0.15) is 0 Å². The molecule has 2 fully saturated rings. The number of hydrogen-bond donors (Lipinski definition) is 0. The number of anilines is 1. The van der Waals surface area contributed by atoms with Gasteiger partial charge in [-0.05, 0) is 43.4 Å². The molecule has 2 heterocycles. The monoisotopic (exact) mass is 396 g/mol. The molecule has 1 saturated heterocycles. The molecule has 2 aliphatic heterocycles. The van der Waals surface area contributed by atoms with Gasteiger partial charge in [-0.3, -0.25) is 14.4 Å². The highest BCUT2D eigenvalue weighted by Gasteiger charge is 2.42. The normalized spacial score (nSPS) is 24.2. The van der Waals surface area contributed by atoms with Crippen LogP contribution in [0.3, 0.4) is 0 Å². The molecule has 1 amide bonds. The highest BCUT2D eigenvalue weighted by molar-refractivity contribution is 6.02. The molecule has 156 valence electrons. The minimum absolute atomic E-state index is 0.0518. The number of amides is 1. The minimum Gasteiger partial charge on any atom is -0.370 e. The molecule has 5 nitrogen and oxygen atoms in total. The molecule has 29 heavy (non-hydrogen) atoms. The van der Waals surface area contributed by atoms with Crippen LogP contribution in [0.25, 0.3) is 0 Å². The highest BCUT2D eigenvalue weighted by Crippen LogP contribution is 2.42. The lowest BCUT2D eigenvalue weighted by atomic mass is 9.73. The van der Waals surface area contributed by atoms with Crippen molar-refractivity contribution in [3.8, 4) is 0 Å². The maximum Gasteiger partial charge on any atom is 0.255 e. The number of Topliss-reactive ketones (excluding diaryl/α,β-unsaturated/α-hetero) is 2. The van der Waals surface area contributed by atoms with E-state index in [-0.39, 0.29) is 17.5 Å². The van der Waals surface area contributed by atoms with Crippen LogP contribution in [0, 0.1) is 5.41 Å². The number of nitrogens with zero attached hydrogens (tertiary/aromatic N) is 2. The van der Waals surface area contributed by atoms with E-state index in [9.17, 15) is 14.4 Å². The second-order valence-electron chi connectivity index (χ2n) is 9.15. The summed E-state index contributed by atoms with van der Waals surface area (Å²) in [4.78, 5) is 41.7. The zero-order valence-electron chi connectivity index (χ0n) is 17.7. The van der Waals surface area contributed by atoms with Crippen molar-refractivity contribution in [1.29, 1.82) is 0 Å². The van der Waals surface area contributed by atoms with E-state index in [0.29, 0.717) is 44.1 Å². The Morgan fingerprint density at radius 1 is 1.07 bits per heavy atom. The van der Waals surface area contributed by atoms with Crippen LogP contribution in [0.4, 0.5) is 5.69 Å². The molecule has 3 aliphatic rings. The van der Waals surface area contributed by atoms with Crippen molar-refractivity contribution in [2.75, 3.05) is 18.0 Å². The van der Waals surface area contributed by atoms with E-state index in [4.69, 9.17) is 0 Å². The molecule has 0 spiro atoms. The molecular weight excluding hydrogens is 364 g/mol. The van der Waals surface area contributed by atoms with Gasteiger partial charge >= 0.3 is 0 Å². The van der Waals surface area contributed by atoms with Crippen LogP contribution in [0.2, 0.25) is 0 Å². The number of benzene rings is 1. The van der Waals surface area contributed by atoms with Gasteiger partial charge in [0.05, 0.1) is 6.04 Å². The van der Waals surface area contributed by atoms with E-state index >= 15 is 0 Å². The fraction of sp³-hybridized carbons (Fsp3) is 0.625. The fourth-order valence-corrected chi connectivity index (χ4v) is 5.33. The summed E-state index contributed by atoms with van der Waals surface area (Å²) in [7, 11) is 0. The Kier molecular flexibility index (Phi) is 5.50. The van der Waals surface area contributed by atoms with Crippen molar-refractivity contribution in [1.82, 2.24) is 4.90 Å². The third-order valence-corrected chi connectivity index (χ3v) is 7.20. The number of ketones is 2. The molecule has 1 unspecified atom stereocenters. The van der Waals surface area contributed by atoms with Gasteiger partial charge in [0.1, 0.15) is 5.78 Å². The molecule has 0 aromatic heterocycles. The number of carbonyl (C=O) groups is 3. The second kappa shape index (κ2) is 7.92. The first-order valence-electron chi connectivity index (χ1n) is 11.2. The average molecular weight is 397 g/mol. The van der Waals surface area contributed by atoms with E-state index in [2.05, 4.69) is 24.8 Å². The largest absolute Gasteiger partial charge is 0.370 e. The van der Waals surface area contributed by atoms with Crippen molar-refractivity contribution in [3.63, 3.8) is 0 Å². The van der Waals surface area contributed by atoms with Gasteiger partial charge in [0, 0.05) is 55.6 Å². The van der Waals surface area contributed by atoms with E-state index in [0.717, 1.165) is 29.9 Å². The van der Waals surface area contributed by atoms with Crippen LogP contribution in [0.5, 0.6) is 0 Å². The molecule has 0 N–H and O–H groups in total. The number of hydrogen-bond acceptors (Lipinski definition) is 4. The fourth-order valence-electron chi connectivity index (χ4n) is 5.33. The van der Waals surface area contributed by atoms with Crippen LogP contribution >= 0.6 is 0 Å². The van der Waals surface area contributed by atoms with Gasteiger partial charge in [0.15, 0.2) is 5.78 Å². The Morgan fingerprint density at radius 3 is 2.59 bits per heavy atom. The summed E-state index contributed by atoms with van der Waals surface area (Å²) in [6, 6.07) is 5.73. The first kappa shape index (κ1) is 20.1. The molecule has 1 aliphatic carbocycles. The van der Waals surface area contributed by atoms with Gasteiger partial charge in [0.25, 0.3) is 5.91 Å². The van der Waals surface area contributed by atoms with Crippen LogP contribution in [0.1, 0.15) is 81.1 Å². The van der Waals surface area contributed by atoms with Crippen molar-refractivity contribution in [3.05, 3.63) is 29.3 Å². The van der Waals surface area contributed by atoms with Gasteiger partial charge in [-0.25, -0.2) is 0 Å². The summed E-state index contributed by atoms with van der Waals surface area (Å²) >= 11 is 0. The first-order valence-corrected chi connectivity index (χ1v) is 11.2. The van der Waals surface area contributed by atoms with Crippen LogP contribution < -0.4 is 4.90 Å². The maximum atomic E-state index is 13.2. The summed E-state index contributed by atoms with van der Waals surface area (Å²) in [5.41, 5.74) is 3.25. The Morgan fingerprint density at radius 2 is 1.86 bits per heavy atom. The Labute approximate surface area is 173 Å². The lowest BCUT2D eigenvalue weighted by Crippen LogP contribution is -2.56. The quantitative estimate of drug-likeness (QED) is 0.751. The topological polar surface area (TPSA) is 57.7 Å². The second-order valence-corrected chi connectivity index (χ2v) is 9.15. The smallest absolute Gasteiger partial charge is 0.255 e. The van der Waals surface area contributed by atoms with Gasteiger partial charge < -0.3 is 9.80 Å². The van der Waals surface area contributed by atoms with Crippen molar-refractivity contribution in [2.45, 2.75) is 77.8 Å². The Balaban J connectivity index is 1.49. The molecule has 1 atom stereocenters. The maximum absolute atomic E-state index is 13.2. The Bertz CT molecular complexity index is 825. The summed E-state index contributed by atoms with van der Waals surface area (Å²) in [6.45, 7) is 7.10. The van der Waals surface area contributed by atoms with Gasteiger partial charge in [-0.15, -0.1) is 0 Å². The Hall–Kier alpha value is -2.17. The number of fused-ring (bicyclic) bond motifs is 1. The summed E-state index contributed by atoms with van der Waals surface area (Å²) in [6.07, 6.45) is 6.00. The lowest BCUT2D eigenvalue weighted by molar-refractivity contribution is -0.126. The van der Waals surface area contributed by atoms with E-state index in [1.807, 2.05) is 12.1 Å². The van der Waals surface area contributed by atoms with Gasteiger partial charge in [-0.1, -0.05) is 26.3 Å². The third kappa shape index (κ3) is 3.72. The molecule has 1 aromatic carbocycles. The molecule has 0 bridgehead atoms. The predicted octanol–water partition coefficient (Wildman–Crippen LogP) is 4.13. The van der Waals surface area contributed by atoms with E-state index in [1.165, 1.54) is 19.3 Å². The van der Waals surface area contributed by atoms with Crippen LogP contribution in [-0.4, -0.2) is 41.5 Å². The van der Waals surface area contributed by atoms with Crippen molar-refractivity contribution >= 4 is 23.2 Å². The summed E-state index contributed by atoms with van der Waals surface area (Å²) < 4.78 is 0. The minimum atomic E-state index is -0.455. The third-order valence-electron chi connectivity index (χ3n) is 7.20. The number of rotatable bonds is 5. The molecule has 0 radical (unpaired) electrons. The summed E-state index contributed by atoms with van der Waals surface area (Å²) in [5, 5.41) is 0. The molecule has 1 saturated carbocycles. The first-order chi connectivity index (χ1) is 14.0. The van der Waals surface area contributed by atoms with E-state index in [1.54, 1.807) is 4.90 Å². The zero-order valence-corrected chi connectivity index (χ0v) is 17.7.